The number of phenols is 1. The van der Waals surface area contributed by atoms with E-state index >= 15 is 0 Å². The first-order valence-electron chi connectivity index (χ1n) is 12.9. The molecule has 0 radical (unpaired) electrons. The van der Waals surface area contributed by atoms with Crippen molar-refractivity contribution in [1.82, 2.24) is 5.32 Å². The van der Waals surface area contributed by atoms with Gasteiger partial charge < -0.3 is 31.1 Å². The summed E-state index contributed by atoms with van der Waals surface area (Å²) < 4.78 is 0. The van der Waals surface area contributed by atoms with Crippen molar-refractivity contribution in [3.8, 4) is 5.75 Å². The number of aliphatic carboxylic acids is 1. The maximum absolute atomic E-state index is 13.4. The molecule has 0 aliphatic carbocycles. The number of hydrogen-bond acceptors (Lipinski definition) is 8. The molecule has 1 aliphatic heterocycles. The van der Waals surface area contributed by atoms with Crippen LogP contribution in [0.1, 0.15) is 16.7 Å². The van der Waals surface area contributed by atoms with Gasteiger partial charge in [-0.1, -0.05) is 48.0 Å². The van der Waals surface area contributed by atoms with E-state index in [1.54, 1.807) is 71.8 Å². The van der Waals surface area contributed by atoms with Crippen LogP contribution in [0.2, 0.25) is 5.02 Å². The number of para-hydroxylation sites is 1. The molecule has 3 aromatic carbocycles. The molecular formula is C30H30ClN5O5S. The molecule has 0 saturated heterocycles. The summed E-state index contributed by atoms with van der Waals surface area (Å²) in [6.07, 6.45) is 3.13. The van der Waals surface area contributed by atoms with Gasteiger partial charge in [-0.25, -0.2) is 4.79 Å². The number of nitrogens with two attached hydrogens (primary N) is 1. The molecule has 0 bridgehead atoms. The Morgan fingerprint density at radius 2 is 1.86 bits per heavy atom. The predicted molar refractivity (Wildman–Crippen MR) is 167 cm³/mol. The molecule has 1 unspecified atom stereocenters. The number of anilines is 2. The largest absolute Gasteiger partial charge is 0.505 e. The highest BCUT2D eigenvalue weighted by Gasteiger charge is 2.28. The topological polar surface area (TPSA) is 149 Å². The van der Waals surface area contributed by atoms with Crippen LogP contribution in [0, 0.1) is 0 Å². The fraction of sp³-hybridized carbons (Fsp3) is 0.200. The van der Waals surface area contributed by atoms with Gasteiger partial charge in [-0.15, -0.1) is 0 Å². The lowest BCUT2D eigenvalue weighted by Gasteiger charge is -2.29. The summed E-state index contributed by atoms with van der Waals surface area (Å²) in [5.74, 6) is -2.31. The first kappa shape index (κ1) is 30.6. The first-order valence-corrected chi connectivity index (χ1v) is 13.9. The molecule has 12 heteroatoms. The molecular weight excluding hydrogens is 578 g/mol. The summed E-state index contributed by atoms with van der Waals surface area (Å²) >= 11 is 10.3. The highest BCUT2D eigenvalue weighted by molar-refractivity contribution is 7.80. The Balaban J connectivity index is 1.70. The summed E-state index contributed by atoms with van der Waals surface area (Å²) in [5, 5.41) is 24.2. The van der Waals surface area contributed by atoms with E-state index in [4.69, 9.17) is 17.3 Å². The van der Waals surface area contributed by atoms with Gasteiger partial charge in [-0.3, -0.25) is 14.6 Å². The third-order valence-electron chi connectivity index (χ3n) is 6.70. The van der Waals surface area contributed by atoms with Crippen LogP contribution >= 0.6 is 24.2 Å². The Kier molecular flexibility index (Phi) is 9.89. The number of thiol groups is 1. The fourth-order valence-corrected chi connectivity index (χ4v) is 4.87. The lowest BCUT2D eigenvalue weighted by Crippen LogP contribution is -2.46. The molecule has 4 rings (SSSR count). The number of rotatable bonds is 10. The number of benzene rings is 3. The first-order chi connectivity index (χ1) is 20.1. The fourth-order valence-electron chi connectivity index (χ4n) is 4.54. The number of carboxylic acid groups (broad SMARTS) is 1. The number of nitrogens with one attached hydrogen (secondary N) is 1. The highest BCUT2D eigenvalue weighted by atomic mass is 35.5. The number of halogens is 1. The number of phenolic OH excluding ortho intramolecular Hbond substituents is 1. The summed E-state index contributed by atoms with van der Waals surface area (Å²) in [7, 11) is 1.49. The van der Waals surface area contributed by atoms with Gasteiger partial charge in [0.05, 0.1) is 29.3 Å². The molecule has 0 spiro atoms. The van der Waals surface area contributed by atoms with E-state index in [9.17, 15) is 24.6 Å². The number of nitrogens with zero attached hydrogens (tertiary/aromatic N) is 3. The third-order valence-corrected chi connectivity index (χ3v) is 7.32. The number of amides is 2. The van der Waals surface area contributed by atoms with Crippen LogP contribution in [-0.4, -0.2) is 65.6 Å². The molecule has 0 fully saturated rings. The minimum Gasteiger partial charge on any atom is -0.505 e. The molecule has 5 N–H and O–H groups in total. The lowest BCUT2D eigenvalue weighted by atomic mass is 10.0. The average Bonchev–Trinajstić information content (AvgIpc) is 3.14. The minimum atomic E-state index is -1.17. The maximum Gasteiger partial charge on any atom is 0.326 e. The molecule has 10 nitrogen and oxygen atoms in total. The second-order valence-electron chi connectivity index (χ2n) is 9.59. The third kappa shape index (κ3) is 6.93. The van der Waals surface area contributed by atoms with Gasteiger partial charge in [0, 0.05) is 41.6 Å². The lowest BCUT2D eigenvalue weighted by molar-refractivity contribution is -0.141. The zero-order valence-corrected chi connectivity index (χ0v) is 24.3. The number of carboxylic acids is 1. The van der Waals surface area contributed by atoms with Crippen molar-refractivity contribution in [2.24, 2.45) is 10.7 Å². The van der Waals surface area contributed by atoms with E-state index < -0.39 is 29.9 Å². The second kappa shape index (κ2) is 13.6. The van der Waals surface area contributed by atoms with Crippen molar-refractivity contribution in [2.45, 2.75) is 18.5 Å². The van der Waals surface area contributed by atoms with Crippen LogP contribution in [0.3, 0.4) is 0 Å². The summed E-state index contributed by atoms with van der Waals surface area (Å²) in [5.41, 5.74) is 8.57. The number of carbonyl (C=O) groups is 3. The standard InChI is InChI=1S/C30H30ClN5O5S/c1-35(29(39)22(32)17-42)25-9-5-8-21(28(25)38)26-15-33-14-19-13-20(31)10-11-24(19)36(26)16-27(37)34-23(30(40)41)12-18-6-3-2-4-7-18/h2-11,13-15,22-23,38,42H,12,16-17,32H2,1H3,(H,34,37)(H,40,41)/t22?,23-/m0/s1. The number of fused-ring (bicyclic) bond motifs is 1. The van der Waals surface area contributed by atoms with Crippen molar-refractivity contribution in [3.63, 3.8) is 0 Å². The number of carbonyl (C=O) groups excluding carboxylic acids is 2. The minimum absolute atomic E-state index is 0.0948. The highest BCUT2D eigenvalue weighted by Crippen LogP contribution is 2.39. The molecule has 1 aliphatic rings. The van der Waals surface area contributed by atoms with E-state index in [0.717, 1.165) is 5.56 Å². The summed E-state index contributed by atoms with van der Waals surface area (Å²) in [6, 6.07) is 16.8. The molecule has 3 aromatic rings. The molecule has 0 aromatic heterocycles. The normalized spacial score (nSPS) is 13.8. The van der Waals surface area contributed by atoms with Gasteiger partial charge in [0.2, 0.25) is 11.8 Å². The van der Waals surface area contributed by atoms with Crippen LogP contribution < -0.4 is 20.9 Å². The van der Waals surface area contributed by atoms with Gasteiger partial charge >= 0.3 is 5.97 Å². The number of aliphatic imine (C=N–C) groups is 1. The number of aromatic hydroxyl groups is 1. The molecule has 218 valence electrons. The maximum atomic E-state index is 13.4. The zero-order chi connectivity index (χ0) is 30.4. The number of likely N-dealkylation sites (N-methyl/N-ethyl adjacent to an activating group) is 1. The number of hydrogen-bond donors (Lipinski definition) is 5. The molecule has 0 saturated carbocycles. The molecule has 1 heterocycles. The van der Waals surface area contributed by atoms with Gasteiger partial charge in [0.25, 0.3) is 0 Å². The average molecular weight is 608 g/mol. The Hall–Kier alpha value is -4.32. The van der Waals surface area contributed by atoms with Crippen molar-refractivity contribution < 1.29 is 24.6 Å². The molecule has 2 amide bonds. The smallest absolute Gasteiger partial charge is 0.326 e. The van der Waals surface area contributed by atoms with Gasteiger partial charge in [-0.05, 0) is 35.9 Å². The van der Waals surface area contributed by atoms with E-state index in [1.807, 2.05) is 6.07 Å². The monoisotopic (exact) mass is 607 g/mol. The Morgan fingerprint density at radius 1 is 1.12 bits per heavy atom. The molecule has 2 atom stereocenters. The van der Waals surface area contributed by atoms with Crippen molar-refractivity contribution in [2.75, 3.05) is 29.1 Å². The van der Waals surface area contributed by atoms with E-state index in [0.29, 0.717) is 22.0 Å². The van der Waals surface area contributed by atoms with Crippen LogP contribution in [0.4, 0.5) is 11.4 Å². The van der Waals surface area contributed by atoms with E-state index in [2.05, 4.69) is 22.9 Å². The Bertz CT molecular complexity index is 1550. The van der Waals surface area contributed by atoms with E-state index in [-0.39, 0.29) is 35.7 Å². The predicted octanol–water partition coefficient (Wildman–Crippen LogP) is 3.32. The zero-order valence-electron chi connectivity index (χ0n) is 22.6. The van der Waals surface area contributed by atoms with E-state index in [1.165, 1.54) is 18.1 Å². The SMILES string of the molecule is CN(C(=O)C(N)CS)c1cccc(C2=CN=Cc3cc(Cl)ccc3N2CC(=O)N[C@@H](Cc2ccccc2)C(=O)O)c1O. The summed E-state index contributed by atoms with van der Waals surface area (Å²) in [4.78, 5) is 45.4. The van der Waals surface area contributed by atoms with Crippen molar-refractivity contribution in [1.29, 1.82) is 0 Å². The quantitative estimate of drug-likeness (QED) is 0.222. The van der Waals surface area contributed by atoms with Crippen molar-refractivity contribution >= 4 is 65.3 Å². The van der Waals surface area contributed by atoms with Crippen LogP contribution in [-0.2, 0) is 20.8 Å². The van der Waals surface area contributed by atoms with Gasteiger partial charge in [0.1, 0.15) is 18.3 Å². The van der Waals surface area contributed by atoms with Crippen LogP contribution in [0.15, 0.2) is 77.9 Å². The van der Waals surface area contributed by atoms with Crippen LogP contribution in [0.5, 0.6) is 5.75 Å². The summed E-state index contributed by atoms with van der Waals surface area (Å²) in [6.45, 7) is -0.314. The van der Waals surface area contributed by atoms with Gasteiger partial charge in [-0.2, -0.15) is 12.6 Å². The van der Waals surface area contributed by atoms with Crippen LogP contribution in [0.25, 0.3) is 5.70 Å². The second-order valence-corrected chi connectivity index (χ2v) is 10.4. The Morgan fingerprint density at radius 3 is 2.55 bits per heavy atom. The van der Waals surface area contributed by atoms with Crippen molar-refractivity contribution in [3.05, 3.63) is 94.6 Å². The Labute approximate surface area is 253 Å². The van der Waals surface area contributed by atoms with Gasteiger partial charge in [0.15, 0.2) is 0 Å². The molecule has 42 heavy (non-hydrogen) atoms.